The fraction of sp³-hybridized carbons (Fsp3) is 0.364. The summed E-state index contributed by atoms with van der Waals surface area (Å²) in [5, 5.41) is 2.64. The second-order valence-corrected chi connectivity index (χ2v) is 8.55. The van der Waals surface area contributed by atoms with Crippen LogP contribution in [0.15, 0.2) is 21.5 Å². The van der Waals surface area contributed by atoms with E-state index in [2.05, 4.69) is 21.2 Å². The summed E-state index contributed by atoms with van der Waals surface area (Å²) in [7, 11) is 1.28. The molecule has 0 heterocycles. The van der Waals surface area contributed by atoms with Crippen LogP contribution in [-0.4, -0.2) is 19.9 Å². The van der Waals surface area contributed by atoms with Crippen molar-refractivity contribution < 1.29 is 13.2 Å². The highest BCUT2D eigenvalue weighted by Gasteiger charge is 2.39. The quantitative estimate of drug-likeness (QED) is 0.810. The van der Waals surface area contributed by atoms with Crippen LogP contribution in [-0.2, 0) is 9.05 Å². The van der Waals surface area contributed by atoms with E-state index in [0.29, 0.717) is 4.47 Å². The van der Waals surface area contributed by atoms with Crippen LogP contribution in [0.1, 0.15) is 30.1 Å². The number of nitrogens with one attached hydrogen (secondary N) is 1. The fourth-order valence-electron chi connectivity index (χ4n) is 1.56. The molecule has 0 radical (unpaired) electrons. The van der Waals surface area contributed by atoms with E-state index in [1.807, 2.05) is 6.92 Å². The Morgan fingerprint density at radius 2 is 2.00 bits per heavy atom. The van der Waals surface area contributed by atoms with Gasteiger partial charge in [0.2, 0.25) is 0 Å². The Morgan fingerprint density at radius 1 is 1.42 bits per heavy atom. The largest absolute Gasteiger partial charge is 0.347 e. The van der Waals surface area contributed by atoms with Crippen LogP contribution in [0.5, 0.6) is 0 Å². The van der Waals surface area contributed by atoms with Gasteiger partial charge < -0.3 is 5.32 Å². The van der Waals surface area contributed by atoms with Gasteiger partial charge in [0.05, 0.1) is 10.6 Å². The van der Waals surface area contributed by atoms with Crippen molar-refractivity contribution in [2.45, 2.75) is 30.2 Å². The van der Waals surface area contributed by atoms with Crippen LogP contribution < -0.4 is 5.32 Å². The second kappa shape index (κ2) is 4.91. The molecule has 2 rings (SSSR count). The van der Waals surface area contributed by atoms with E-state index in [1.54, 1.807) is 0 Å². The van der Waals surface area contributed by atoms with Crippen molar-refractivity contribution in [3.05, 3.63) is 27.2 Å². The topological polar surface area (TPSA) is 63.2 Å². The van der Waals surface area contributed by atoms with Crippen LogP contribution in [0, 0.1) is 0 Å². The van der Waals surface area contributed by atoms with Gasteiger partial charge >= 0.3 is 0 Å². The summed E-state index contributed by atoms with van der Waals surface area (Å²) in [6.45, 7) is 1.91. The number of hydrogen-bond donors (Lipinski definition) is 1. The molecule has 1 N–H and O–H groups in total. The highest BCUT2D eigenvalue weighted by Crippen LogP contribution is 2.36. The monoisotopic (exact) mass is 385 g/mol. The van der Waals surface area contributed by atoms with E-state index in [4.69, 9.17) is 22.3 Å². The van der Waals surface area contributed by atoms with Crippen molar-refractivity contribution >= 4 is 53.2 Å². The third kappa shape index (κ3) is 3.42. The molecule has 0 saturated heterocycles. The third-order valence-electron chi connectivity index (χ3n) is 2.93. The molecular formula is C11H10BrCl2NO3S. The first-order valence-electron chi connectivity index (χ1n) is 5.39. The third-order valence-corrected chi connectivity index (χ3v) is 5.25. The predicted molar refractivity (Wildman–Crippen MR) is 77.3 cm³/mol. The number of benzene rings is 1. The Labute approximate surface area is 129 Å². The van der Waals surface area contributed by atoms with Crippen LogP contribution in [0.3, 0.4) is 0 Å². The zero-order valence-electron chi connectivity index (χ0n) is 9.84. The van der Waals surface area contributed by atoms with Gasteiger partial charge in [-0.3, -0.25) is 4.79 Å². The molecule has 1 aromatic carbocycles. The Bertz CT molecular complexity index is 656. The molecule has 0 aromatic heterocycles. The molecule has 0 atom stereocenters. The first kappa shape index (κ1) is 15.1. The number of rotatable bonds is 3. The standard InChI is InChI=1S/C11H10BrCl2NO3S/c1-11(2-3-11)15-10(16)7-4-6(12)5-8(9(7)13)19(14,17)18/h4-5H,2-3H2,1H3,(H,15,16). The van der Waals surface area contributed by atoms with Gasteiger partial charge in [0.1, 0.15) is 4.90 Å². The molecule has 0 unspecified atom stereocenters. The smallest absolute Gasteiger partial charge is 0.262 e. The summed E-state index contributed by atoms with van der Waals surface area (Å²) in [6.07, 6.45) is 1.79. The lowest BCUT2D eigenvalue weighted by atomic mass is 10.2. The second-order valence-electron chi connectivity index (χ2n) is 4.72. The minimum Gasteiger partial charge on any atom is -0.347 e. The number of hydrogen-bond acceptors (Lipinski definition) is 3. The first-order chi connectivity index (χ1) is 8.62. The van der Waals surface area contributed by atoms with Gasteiger partial charge in [0.25, 0.3) is 15.0 Å². The summed E-state index contributed by atoms with van der Waals surface area (Å²) in [5.74, 6) is -0.409. The van der Waals surface area contributed by atoms with Gasteiger partial charge in [-0.2, -0.15) is 0 Å². The maximum absolute atomic E-state index is 12.1. The number of carbonyl (C=O) groups excluding carboxylic acids is 1. The molecule has 1 amide bonds. The lowest BCUT2D eigenvalue weighted by molar-refractivity contribution is 0.0935. The van der Waals surface area contributed by atoms with Crippen molar-refractivity contribution in [3.63, 3.8) is 0 Å². The van der Waals surface area contributed by atoms with Crippen molar-refractivity contribution in [2.24, 2.45) is 0 Å². The Morgan fingerprint density at radius 3 is 2.47 bits per heavy atom. The van der Waals surface area contributed by atoms with Crippen LogP contribution in [0.4, 0.5) is 0 Å². The van der Waals surface area contributed by atoms with Crippen LogP contribution in [0.25, 0.3) is 0 Å². The van der Waals surface area contributed by atoms with E-state index in [-0.39, 0.29) is 21.0 Å². The van der Waals surface area contributed by atoms with Gasteiger partial charge in [0.15, 0.2) is 0 Å². The summed E-state index contributed by atoms with van der Waals surface area (Å²) < 4.78 is 23.2. The molecule has 0 spiro atoms. The molecule has 4 nitrogen and oxygen atoms in total. The minimum absolute atomic E-state index is 0.0865. The van der Waals surface area contributed by atoms with E-state index < -0.39 is 15.0 Å². The normalized spacial score (nSPS) is 17.1. The lowest BCUT2D eigenvalue weighted by Crippen LogP contribution is -2.34. The van der Waals surface area contributed by atoms with Gasteiger partial charge in [-0.1, -0.05) is 27.5 Å². The van der Waals surface area contributed by atoms with E-state index in [0.717, 1.165) is 12.8 Å². The van der Waals surface area contributed by atoms with Gasteiger partial charge in [-0.05, 0) is 31.9 Å². The highest BCUT2D eigenvalue weighted by atomic mass is 79.9. The van der Waals surface area contributed by atoms with E-state index >= 15 is 0 Å². The minimum atomic E-state index is -4.01. The molecular weight excluding hydrogens is 377 g/mol. The fourth-order valence-corrected chi connectivity index (χ4v) is 3.75. The van der Waals surface area contributed by atoms with Gasteiger partial charge in [-0.25, -0.2) is 8.42 Å². The average molecular weight is 387 g/mol. The molecule has 1 aliphatic carbocycles. The molecule has 1 fully saturated rings. The average Bonchev–Trinajstić information content (AvgIpc) is 2.97. The van der Waals surface area contributed by atoms with Gasteiger partial charge in [-0.15, -0.1) is 0 Å². The van der Waals surface area contributed by atoms with Crippen molar-refractivity contribution in [2.75, 3.05) is 0 Å². The summed E-state index contributed by atoms with van der Waals surface area (Å²) >= 11 is 9.11. The molecule has 0 aliphatic heterocycles. The molecule has 1 aliphatic rings. The Kier molecular flexibility index (Phi) is 3.90. The highest BCUT2D eigenvalue weighted by molar-refractivity contribution is 9.10. The molecule has 1 saturated carbocycles. The zero-order chi connectivity index (χ0) is 14.4. The summed E-state index contributed by atoms with van der Waals surface area (Å²) in [6, 6.07) is 2.73. The first-order valence-corrected chi connectivity index (χ1v) is 8.87. The summed E-state index contributed by atoms with van der Waals surface area (Å²) in [4.78, 5) is 11.8. The SMILES string of the molecule is CC1(NC(=O)c2cc(Br)cc(S(=O)(=O)Cl)c2Cl)CC1. The van der Waals surface area contributed by atoms with Crippen molar-refractivity contribution in [3.8, 4) is 0 Å². The van der Waals surface area contributed by atoms with E-state index in [9.17, 15) is 13.2 Å². The van der Waals surface area contributed by atoms with Crippen LogP contribution >= 0.6 is 38.2 Å². The van der Waals surface area contributed by atoms with Crippen molar-refractivity contribution in [1.29, 1.82) is 0 Å². The zero-order valence-corrected chi connectivity index (χ0v) is 13.8. The number of halogens is 3. The molecule has 104 valence electrons. The summed E-state index contributed by atoms with van der Waals surface area (Å²) in [5.41, 5.74) is -0.133. The lowest BCUT2D eigenvalue weighted by Gasteiger charge is -2.13. The number of amides is 1. The Hall–Kier alpha value is -0.300. The number of carbonyl (C=O) groups is 1. The van der Waals surface area contributed by atoms with Crippen molar-refractivity contribution in [1.82, 2.24) is 5.32 Å². The molecule has 8 heteroatoms. The maximum Gasteiger partial charge on any atom is 0.262 e. The maximum atomic E-state index is 12.1. The van der Waals surface area contributed by atoms with Gasteiger partial charge in [0, 0.05) is 20.7 Å². The predicted octanol–water partition coefficient (Wildman–Crippen LogP) is 3.31. The molecule has 1 aromatic rings. The van der Waals surface area contributed by atoms with Crippen LogP contribution in [0.2, 0.25) is 5.02 Å². The molecule has 0 bridgehead atoms. The molecule has 19 heavy (non-hydrogen) atoms. The van der Waals surface area contributed by atoms with E-state index in [1.165, 1.54) is 12.1 Å². The Balaban J connectivity index is 2.46.